The number of alkyl halides is 3. The summed E-state index contributed by atoms with van der Waals surface area (Å²) in [6.07, 6.45) is -1.01. The Bertz CT molecular complexity index is 1820. The zero-order valence-corrected chi connectivity index (χ0v) is 22.4. The average molecular weight is 578 g/mol. The molecule has 2 aromatic heterocycles. The van der Waals surface area contributed by atoms with Gasteiger partial charge in [-0.05, 0) is 54.4 Å². The van der Waals surface area contributed by atoms with Crippen LogP contribution in [-0.2, 0) is 28.7 Å². The second-order valence-corrected chi connectivity index (χ2v) is 9.55. The smallest absolute Gasteiger partial charge is 0.416 e. The zero-order chi connectivity index (χ0) is 30.2. The van der Waals surface area contributed by atoms with E-state index in [-0.39, 0.29) is 28.7 Å². The molecule has 5 rings (SSSR count). The third kappa shape index (κ3) is 5.10. The first kappa shape index (κ1) is 28.2. The molecule has 0 fully saturated rings. The van der Waals surface area contributed by atoms with Gasteiger partial charge < -0.3 is 9.84 Å². The van der Waals surface area contributed by atoms with Crippen LogP contribution in [0, 0.1) is 11.3 Å². The number of H-pyrrole nitrogens is 1. The Morgan fingerprint density at radius 1 is 1.21 bits per heavy atom. The molecule has 42 heavy (non-hydrogen) atoms. The fraction of sp³-hybridized carbons (Fsp3) is 0.207. The van der Waals surface area contributed by atoms with Crippen molar-refractivity contribution in [3.8, 4) is 11.8 Å². The Morgan fingerprint density at radius 3 is 2.69 bits per heavy atom. The van der Waals surface area contributed by atoms with E-state index in [0.29, 0.717) is 29.7 Å². The van der Waals surface area contributed by atoms with Gasteiger partial charge in [0.1, 0.15) is 6.04 Å². The molecular weight excluding hydrogens is 553 g/mol. The number of methoxy groups -OCH3 is 1. The van der Waals surface area contributed by atoms with Gasteiger partial charge in [-0.2, -0.15) is 18.4 Å². The number of aromatic nitrogens is 4. The quantitative estimate of drug-likeness (QED) is 0.263. The Balaban J connectivity index is 1.71. The molecule has 13 heteroatoms. The van der Waals surface area contributed by atoms with Gasteiger partial charge in [0.2, 0.25) is 12.1 Å². The molecule has 2 N–H and O–H groups in total. The maximum Gasteiger partial charge on any atom is 0.416 e. The highest BCUT2D eigenvalue weighted by molar-refractivity contribution is 5.93. The van der Waals surface area contributed by atoms with Crippen LogP contribution >= 0.6 is 0 Å². The molecule has 0 radical (unpaired) electrons. The first-order valence-corrected chi connectivity index (χ1v) is 12.7. The van der Waals surface area contributed by atoms with Crippen LogP contribution in [0.3, 0.4) is 0 Å². The van der Waals surface area contributed by atoms with Crippen molar-refractivity contribution in [1.82, 2.24) is 14.8 Å². The van der Waals surface area contributed by atoms with E-state index >= 15 is 0 Å². The van der Waals surface area contributed by atoms with E-state index < -0.39 is 29.4 Å². The summed E-state index contributed by atoms with van der Waals surface area (Å²) in [5, 5.41) is 25.9. The minimum absolute atomic E-state index is 0.00174. The molecule has 0 bridgehead atoms. The number of aromatic amines is 1. The molecule has 10 nitrogen and oxygen atoms in total. The monoisotopic (exact) mass is 577 g/mol. The molecule has 1 aliphatic heterocycles. The van der Waals surface area contributed by atoms with Crippen LogP contribution in [0.25, 0.3) is 0 Å². The predicted octanol–water partition coefficient (Wildman–Crippen LogP) is 3.89. The molecule has 0 saturated carbocycles. The van der Waals surface area contributed by atoms with E-state index in [1.807, 2.05) is 0 Å². The zero-order valence-electron chi connectivity index (χ0n) is 22.4. The number of ether oxygens (including phenoxy) is 1. The third-order valence-electron chi connectivity index (χ3n) is 7.03. The van der Waals surface area contributed by atoms with Gasteiger partial charge in [-0.25, -0.2) is 23.8 Å². The summed E-state index contributed by atoms with van der Waals surface area (Å²) in [7, 11) is 1.17. The number of benzene rings is 2. The number of esters is 1. The molecule has 1 unspecified atom stereocenters. The summed E-state index contributed by atoms with van der Waals surface area (Å²) in [5.74, 6) is -0.773. The second kappa shape index (κ2) is 10.9. The van der Waals surface area contributed by atoms with Crippen molar-refractivity contribution < 1.29 is 32.4 Å². The number of nitrogens with one attached hydrogen (secondary N) is 1. The Labute approximate surface area is 237 Å². The van der Waals surface area contributed by atoms with E-state index in [0.717, 1.165) is 12.1 Å². The number of halogens is 3. The molecule has 1 atom stereocenters. The Morgan fingerprint density at radius 2 is 2.00 bits per heavy atom. The highest BCUT2D eigenvalue weighted by Gasteiger charge is 2.41. The topological polar surface area (TPSA) is 128 Å². The molecule has 0 aliphatic carbocycles. The summed E-state index contributed by atoms with van der Waals surface area (Å²) in [4.78, 5) is 27.9. The van der Waals surface area contributed by atoms with Crippen LogP contribution < -0.4 is 15.2 Å². The number of rotatable bonds is 6. The van der Waals surface area contributed by atoms with Crippen LogP contribution in [0.2, 0.25) is 0 Å². The summed E-state index contributed by atoms with van der Waals surface area (Å²) in [5.41, 5.74) is 0.0612. The highest BCUT2D eigenvalue weighted by atomic mass is 19.4. The van der Waals surface area contributed by atoms with E-state index in [1.54, 1.807) is 35.0 Å². The first-order chi connectivity index (χ1) is 20.0. The molecule has 4 aromatic rings. The maximum atomic E-state index is 13.6. The lowest BCUT2D eigenvalue weighted by Crippen LogP contribution is -2.38. The molecule has 1 aliphatic rings. The average Bonchev–Trinajstić information content (AvgIpc) is 3.35. The molecule has 3 heterocycles. The highest BCUT2D eigenvalue weighted by Crippen LogP contribution is 2.43. The Kier molecular flexibility index (Phi) is 7.30. The largest absolute Gasteiger partial charge is 0.503 e. The van der Waals surface area contributed by atoms with Crippen molar-refractivity contribution in [3.05, 3.63) is 111 Å². The van der Waals surface area contributed by atoms with Gasteiger partial charge in [-0.1, -0.05) is 12.1 Å². The normalized spacial score (nSPS) is 14.9. The van der Waals surface area contributed by atoms with Crippen molar-refractivity contribution in [2.75, 3.05) is 12.0 Å². The lowest BCUT2D eigenvalue weighted by atomic mass is 9.89. The van der Waals surface area contributed by atoms with Crippen LogP contribution in [-0.4, -0.2) is 33.0 Å². The van der Waals surface area contributed by atoms with Crippen molar-refractivity contribution in [3.63, 3.8) is 0 Å². The molecule has 214 valence electrons. The van der Waals surface area contributed by atoms with Gasteiger partial charge in [-0.15, -0.1) is 5.10 Å². The molecule has 2 aromatic carbocycles. The van der Waals surface area contributed by atoms with Gasteiger partial charge in [0.25, 0.3) is 0 Å². The number of hydrogen-bond donors (Lipinski definition) is 2. The number of carbonyl (C=O) groups is 1. The van der Waals surface area contributed by atoms with Crippen LogP contribution in [0.1, 0.15) is 35.2 Å². The van der Waals surface area contributed by atoms with Crippen molar-refractivity contribution >= 4 is 17.6 Å². The van der Waals surface area contributed by atoms with Gasteiger partial charge in [0.05, 0.1) is 29.9 Å². The lowest BCUT2D eigenvalue weighted by molar-refractivity contribution is -0.696. The number of pyridine rings is 1. The second-order valence-electron chi connectivity index (χ2n) is 9.55. The summed E-state index contributed by atoms with van der Waals surface area (Å²) in [6, 6.07) is 13.5. The minimum atomic E-state index is -4.63. The molecule has 0 amide bonds. The number of carbonyl (C=O) groups excluding carboxylic acids is 1. The number of hydrogen-bond acceptors (Lipinski definition) is 7. The SMILES string of the molecule is COC(=O)C1=C(C)N(c2cccc(C(F)(F)F)c2)c2n[nH]c(=O)n2C1c1ccc(C#N)cc1CC[n+]1cccc(O)c1. The fourth-order valence-electron chi connectivity index (χ4n) is 5.13. The number of aromatic hydroxyl groups is 1. The first-order valence-electron chi connectivity index (χ1n) is 12.7. The van der Waals surface area contributed by atoms with Gasteiger partial charge in [-0.3, -0.25) is 4.90 Å². The van der Waals surface area contributed by atoms with Crippen LogP contribution in [0.4, 0.5) is 24.8 Å². The minimum Gasteiger partial charge on any atom is -0.503 e. The van der Waals surface area contributed by atoms with E-state index in [1.165, 1.54) is 47.9 Å². The molecular formula is C29H24F3N6O4+. The number of nitrogens with zero attached hydrogens (tertiary/aromatic N) is 5. The van der Waals surface area contributed by atoms with E-state index in [9.17, 15) is 33.1 Å². The summed E-state index contributed by atoms with van der Waals surface area (Å²) >= 11 is 0. The van der Waals surface area contributed by atoms with E-state index in [2.05, 4.69) is 16.3 Å². The van der Waals surface area contributed by atoms with E-state index in [4.69, 9.17) is 4.74 Å². The maximum absolute atomic E-state index is 13.6. The molecule has 0 saturated heterocycles. The standard InChI is InChI=1S/C29H23F3N6O4/c1-17-24(26(40)42-2)25(23-9-8-18(15-33)13-19(23)10-12-36-11-4-7-22(39)16-36)38-27(34-35-28(38)41)37(17)21-6-3-5-20(14-21)29(30,31)32/h3-9,11,13-14,16,25H,10,12H2,1-2H3,(H-,35,39,41)/p+1. The van der Waals surface area contributed by atoms with Gasteiger partial charge in [0.15, 0.2) is 18.5 Å². The lowest BCUT2D eigenvalue weighted by Gasteiger charge is -2.36. The number of aryl methyl sites for hydroxylation is 2. The summed E-state index contributed by atoms with van der Waals surface area (Å²) in [6.45, 7) is 1.91. The van der Waals surface area contributed by atoms with Crippen molar-refractivity contribution in [2.45, 2.75) is 32.1 Å². The molecule has 0 spiro atoms. The fourth-order valence-corrected chi connectivity index (χ4v) is 5.13. The van der Waals surface area contributed by atoms with Crippen LogP contribution in [0.5, 0.6) is 5.75 Å². The van der Waals surface area contributed by atoms with Crippen molar-refractivity contribution in [2.24, 2.45) is 0 Å². The number of allylic oxidation sites excluding steroid dienone is 1. The Hall–Kier alpha value is -5.38. The third-order valence-corrected chi connectivity index (χ3v) is 7.03. The summed E-state index contributed by atoms with van der Waals surface area (Å²) < 4.78 is 48.8. The van der Waals surface area contributed by atoms with Gasteiger partial charge in [0, 0.05) is 23.9 Å². The number of nitriles is 1. The van der Waals surface area contributed by atoms with Gasteiger partial charge >= 0.3 is 17.8 Å². The number of anilines is 2. The predicted molar refractivity (Wildman–Crippen MR) is 142 cm³/mol. The van der Waals surface area contributed by atoms with Crippen LogP contribution in [0.15, 0.2) is 83.1 Å². The van der Waals surface area contributed by atoms with Crippen molar-refractivity contribution in [1.29, 1.82) is 5.26 Å². The number of fused-ring (bicyclic) bond motifs is 1.